The number of hydrogen-bond acceptors (Lipinski definition) is 2. The fraction of sp³-hybridized carbons (Fsp3) is 0.889. The molecule has 0 spiro atoms. The Bertz CT molecular complexity index is 175. The minimum absolute atomic E-state index is 0.327. The van der Waals surface area contributed by atoms with Gasteiger partial charge in [-0.25, -0.2) is 0 Å². The van der Waals surface area contributed by atoms with Gasteiger partial charge in [0.2, 0.25) is 0 Å². The first-order valence-electron chi connectivity index (χ1n) is 4.62. The lowest BCUT2D eigenvalue weighted by atomic mass is 10.1. The van der Waals surface area contributed by atoms with Crippen LogP contribution in [0.1, 0.15) is 39.5 Å². The van der Waals surface area contributed by atoms with Crippen LogP contribution in [0.5, 0.6) is 0 Å². The summed E-state index contributed by atoms with van der Waals surface area (Å²) in [5, 5.41) is 12.0. The monoisotopic (exact) mass is 171 g/mol. The highest BCUT2D eigenvalue weighted by atomic mass is 16.4. The van der Waals surface area contributed by atoms with Gasteiger partial charge in [0.1, 0.15) is 5.54 Å². The molecule has 1 rings (SSSR count). The Morgan fingerprint density at radius 3 is 2.58 bits per heavy atom. The van der Waals surface area contributed by atoms with E-state index < -0.39 is 11.5 Å². The predicted molar refractivity (Wildman–Crippen MR) is 47.1 cm³/mol. The molecule has 0 radical (unpaired) electrons. The lowest BCUT2D eigenvalue weighted by Crippen LogP contribution is -2.44. The van der Waals surface area contributed by atoms with Crippen molar-refractivity contribution in [2.45, 2.75) is 51.1 Å². The molecule has 1 aliphatic rings. The zero-order chi connectivity index (χ0) is 9.19. The van der Waals surface area contributed by atoms with Crippen LogP contribution < -0.4 is 5.32 Å². The van der Waals surface area contributed by atoms with E-state index in [-0.39, 0.29) is 0 Å². The summed E-state index contributed by atoms with van der Waals surface area (Å²) in [7, 11) is 0. The first kappa shape index (κ1) is 9.52. The van der Waals surface area contributed by atoms with E-state index in [9.17, 15) is 4.79 Å². The number of carbonyl (C=O) groups is 1. The first-order valence-corrected chi connectivity index (χ1v) is 4.62. The van der Waals surface area contributed by atoms with Crippen LogP contribution in [0.3, 0.4) is 0 Å². The van der Waals surface area contributed by atoms with Crippen molar-refractivity contribution in [3.8, 4) is 0 Å². The molecule has 1 saturated carbocycles. The molecule has 70 valence electrons. The third-order valence-corrected chi connectivity index (χ3v) is 2.40. The van der Waals surface area contributed by atoms with Gasteiger partial charge in [0, 0.05) is 6.04 Å². The van der Waals surface area contributed by atoms with Crippen LogP contribution in [0.25, 0.3) is 0 Å². The van der Waals surface area contributed by atoms with Gasteiger partial charge in [0.15, 0.2) is 0 Å². The summed E-state index contributed by atoms with van der Waals surface area (Å²) in [5.74, 6) is -0.689. The number of carboxylic acid groups (broad SMARTS) is 1. The first-order chi connectivity index (χ1) is 5.60. The quantitative estimate of drug-likeness (QED) is 0.657. The normalized spacial score (nSPS) is 21.8. The van der Waals surface area contributed by atoms with Gasteiger partial charge < -0.3 is 5.11 Å². The summed E-state index contributed by atoms with van der Waals surface area (Å²) >= 11 is 0. The molecule has 1 unspecified atom stereocenters. The van der Waals surface area contributed by atoms with Crippen molar-refractivity contribution >= 4 is 5.97 Å². The van der Waals surface area contributed by atoms with Crippen molar-refractivity contribution in [2.75, 3.05) is 0 Å². The maximum absolute atomic E-state index is 10.8. The minimum Gasteiger partial charge on any atom is -0.480 e. The molecule has 0 bridgehead atoms. The van der Waals surface area contributed by atoms with Crippen LogP contribution in [-0.4, -0.2) is 22.7 Å². The largest absolute Gasteiger partial charge is 0.480 e. The third kappa shape index (κ3) is 1.97. The van der Waals surface area contributed by atoms with Crippen molar-refractivity contribution in [1.29, 1.82) is 0 Å². The molecular formula is C9H17NO2. The number of rotatable bonds is 5. The second-order valence-electron chi connectivity index (χ2n) is 3.72. The van der Waals surface area contributed by atoms with Crippen molar-refractivity contribution in [1.82, 2.24) is 5.32 Å². The van der Waals surface area contributed by atoms with Gasteiger partial charge >= 0.3 is 5.97 Å². The molecule has 1 fully saturated rings. The van der Waals surface area contributed by atoms with Gasteiger partial charge in [0.05, 0.1) is 0 Å². The highest BCUT2D eigenvalue weighted by molar-refractivity contribution is 5.82. The molecule has 0 aliphatic heterocycles. The lowest BCUT2D eigenvalue weighted by molar-refractivity contribution is -0.141. The molecule has 3 heteroatoms. The van der Waals surface area contributed by atoms with Gasteiger partial charge in [-0.2, -0.15) is 0 Å². The van der Waals surface area contributed by atoms with Gasteiger partial charge in [-0.3, -0.25) is 10.1 Å². The predicted octanol–water partition coefficient (Wildman–Crippen LogP) is 1.38. The van der Waals surface area contributed by atoms with Crippen LogP contribution in [-0.2, 0) is 4.79 Å². The highest BCUT2D eigenvalue weighted by Gasteiger charge is 2.50. The molecule has 0 amide bonds. The van der Waals surface area contributed by atoms with Gasteiger partial charge in [-0.05, 0) is 26.2 Å². The Morgan fingerprint density at radius 1 is 1.67 bits per heavy atom. The van der Waals surface area contributed by atoms with E-state index in [2.05, 4.69) is 12.2 Å². The number of nitrogens with one attached hydrogen (secondary N) is 1. The summed E-state index contributed by atoms with van der Waals surface area (Å²) in [5.41, 5.74) is -0.561. The molecule has 0 aromatic carbocycles. The van der Waals surface area contributed by atoms with Crippen molar-refractivity contribution < 1.29 is 9.90 Å². The number of aliphatic carboxylic acids is 1. The van der Waals surface area contributed by atoms with Gasteiger partial charge in [-0.1, -0.05) is 13.3 Å². The van der Waals surface area contributed by atoms with E-state index in [1.807, 2.05) is 6.92 Å². The smallest absolute Gasteiger partial charge is 0.323 e. The van der Waals surface area contributed by atoms with Crippen LogP contribution >= 0.6 is 0 Å². The minimum atomic E-state index is -0.689. The van der Waals surface area contributed by atoms with Gasteiger partial charge in [-0.15, -0.1) is 0 Å². The molecular weight excluding hydrogens is 154 g/mol. The summed E-state index contributed by atoms with van der Waals surface area (Å²) in [4.78, 5) is 10.8. The number of carboxylic acids is 1. The zero-order valence-corrected chi connectivity index (χ0v) is 7.76. The topological polar surface area (TPSA) is 49.3 Å². The van der Waals surface area contributed by atoms with E-state index >= 15 is 0 Å². The fourth-order valence-corrected chi connectivity index (χ4v) is 1.52. The average Bonchev–Trinajstić information content (AvgIpc) is 2.69. The average molecular weight is 171 g/mol. The Labute approximate surface area is 73.2 Å². The highest BCUT2D eigenvalue weighted by Crippen LogP contribution is 2.36. The van der Waals surface area contributed by atoms with Crippen LogP contribution in [0, 0.1) is 0 Å². The molecule has 0 aromatic rings. The molecule has 1 atom stereocenters. The molecule has 1 aliphatic carbocycles. The Balaban J connectivity index is 2.35. The van der Waals surface area contributed by atoms with Crippen LogP contribution in [0.15, 0.2) is 0 Å². The Kier molecular flexibility index (Phi) is 2.73. The summed E-state index contributed by atoms with van der Waals surface area (Å²) in [6, 6.07) is 0.327. The zero-order valence-electron chi connectivity index (χ0n) is 7.76. The fourth-order valence-electron chi connectivity index (χ4n) is 1.52. The Hall–Kier alpha value is -0.570. The Morgan fingerprint density at radius 2 is 2.25 bits per heavy atom. The third-order valence-electron chi connectivity index (χ3n) is 2.40. The van der Waals surface area contributed by atoms with Crippen LogP contribution in [0.4, 0.5) is 0 Å². The van der Waals surface area contributed by atoms with Crippen molar-refractivity contribution in [3.63, 3.8) is 0 Å². The lowest BCUT2D eigenvalue weighted by Gasteiger charge is -2.18. The summed E-state index contributed by atoms with van der Waals surface area (Å²) in [6.45, 7) is 4.16. The maximum atomic E-state index is 10.8. The molecule has 0 aromatic heterocycles. The van der Waals surface area contributed by atoms with E-state index in [0.717, 1.165) is 25.7 Å². The molecule has 2 N–H and O–H groups in total. The van der Waals surface area contributed by atoms with E-state index in [4.69, 9.17) is 5.11 Å². The van der Waals surface area contributed by atoms with E-state index in [0.29, 0.717) is 6.04 Å². The maximum Gasteiger partial charge on any atom is 0.323 e. The molecule has 12 heavy (non-hydrogen) atoms. The second-order valence-corrected chi connectivity index (χ2v) is 3.72. The van der Waals surface area contributed by atoms with Crippen LogP contribution in [0.2, 0.25) is 0 Å². The van der Waals surface area contributed by atoms with E-state index in [1.165, 1.54) is 0 Å². The van der Waals surface area contributed by atoms with Gasteiger partial charge in [0.25, 0.3) is 0 Å². The molecule has 3 nitrogen and oxygen atoms in total. The molecule has 0 saturated heterocycles. The SMILES string of the molecule is CCCC(C)NC1(C(=O)O)CC1. The second kappa shape index (κ2) is 3.44. The molecule has 0 heterocycles. The van der Waals surface area contributed by atoms with E-state index in [1.54, 1.807) is 0 Å². The van der Waals surface area contributed by atoms with Crippen molar-refractivity contribution in [3.05, 3.63) is 0 Å². The number of hydrogen-bond donors (Lipinski definition) is 2. The summed E-state index contributed by atoms with van der Waals surface area (Å²) < 4.78 is 0. The summed E-state index contributed by atoms with van der Waals surface area (Å²) in [6.07, 6.45) is 3.73. The standard InChI is InChI=1S/C9H17NO2/c1-3-4-7(2)10-9(5-6-9)8(11)12/h7,10H,3-6H2,1-2H3,(H,11,12). The van der Waals surface area contributed by atoms with Crippen molar-refractivity contribution in [2.24, 2.45) is 0 Å².